The quantitative estimate of drug-likeness (QED) is 0.871. The van der Waals surface area contributed by atoms with Crippen molar-refractivity contribution in [3.8, 4) is 6.07 Å². The standard InChI is InChI=1S/C14H19N3O2S/c1-11-14(3-2-8-16-11)17-20(18,19)10-13-6-4-12(9-15)5-7-13/h4-7,11,14,16-17H,2-3,8,10H2,1H3. The molecule has 0 saturated carbocycles. The Hall–Kier alpha value is -1.42. The summed E-state index contributed by atoms with van der Waals surface area (Å²) in [5.74, 6) is -0.0536. The van der Waals surface area contributed by atoms with Crippen LogP contribution in [0.25, 0.3) is 0 Å². The molecule has 1 fully saturated rings. The van der Waals surface area contributed by atoms with E-state index in [9.17, 15) is 8.42 Å². The van der Waals surface area contributed by atoms with Crippen molar-refractivity contribution < 1.29 is 8.42 Å². The molecule has 0 spiro atoms. The normalized spacial score (nSPS) is 23.2. The van der Waals surface area contributed by atoms with E-state index in [1.807, 2.05) is 13.0 Å². The lowest BCUT2D eigenvalue weighted by molar-refractivity contribution is 0.348. The molecule has 2 unspecified atom stereocenters. The maximum absolute atomic E-state index is 12.2. The predicted octanol–water partition coefficient (Wildman–Crippen LogP) is 1.12. The average molecular weight is 293 g/mol. The van der Waals surface area contributed by atoms with E-state index in [0.717, 1.165) is 19.4 Å². The van der Waals surface area contributed by atoms with Crippen LogP contribution in [-0.2, 0) is 15.8 Å². The third-order valence-corrected chi connectivity index (χ3v) is 4.91. The second kappa shape index (κ2) is 6.35. The van der Waals surface area contributed by atoms with E-state index in [1.54, 1.807) is 24.3 Å². The van der Waals surface area contributed by atoms with Crippen LogP contribution in [0, 0.1) is 11.3 Å². The molecule has 1 aromatic carbocycles. The first-order valence-electron chi connectivity index (χ1n) is 6.72. The first kappa shape index (κ1) is 15.0. The van der Waals surface area contributed by atoms with Gasteiger partial charge < -0.3 is 5.32 Å². The molecule has 20 heavy (non-hydrogen) atoms. The van der Waals surface area contributed by atoms with Gasteiger partial charge in [-0.25, -0.2) is 13.1 Å². The Kier molecular flexibility index (Phi) is 4.76. The molecule has 1 aliphatic rings. The number of benzene rings is 1. The summed E-state index contributed by atoms with van der Waals surface area (Å²) in [6, 6.07) is 8.75. The van der Waals surface area contributed by atoms with Crippen LogP contribution in [-0.4, -0.2) is 27.0 Å². The third-order valence-electron chi connectivity index (χ3n) is 3.53. The second-order valence-corrected chi connectivity index (χ2v) is 6.93. The summed E-state index contributed by atoms with van der Waals surface area (Å²) in [5.41, 5.74) is 1.22. The van der Waals surface area contributed by atoms with Crippen molar-refractivity contribution in [2.75, 3.05) is 6.54 Å². The van der Waals surface area contributed by atoms with Gasteiger partial charge in [0.1, 0.15) is 0 Å². The minimum Gasteiger partial charge on any atom is -0.313 e. The van der Waals surface area contributed by atoms with E-state index in [2.05, 4.69) is 10.0 Å². The summed E-state index contributed by atoms with van der Waals surface area (Å²) in [4.78, 5) is 0. The molecule has 5 nitrogen and oxygen atoms in total. The van der Waals surface area contributed by atoms with Crippen LogP contribution >= 0.6 is 0 Å². The molecule has 0 aromatic heterocycles. The van der Waals surface area contributed by atoms with Gasteiger partial charge in [0.15, 0.2) is 0 Å². The lowest BCUT2D eigenvalue weighted by Crippen LogP contribution is -2.52. The van der Waals surface area contributed by atoms with Gasteiger partial charge >= 0.3 is 0 Å². The molecule has 0 bridgehead atoms. The molecule has 6 heteroatoms. The van der Waals surface area contributed by atoms with E-state index in [0.29, 0.717) is 11.1 Å². The molecule has 2 atom stereocenters. The van der Waals surface area contributed by atoms with Crippen LogP contribution in [0.4, 0.5) is 0 Å². The van der Waals surface area contributed by atoms with Crippen LogP contribution in [0.3, 0.4) is 0 Å². The van der Waals surface area contributed by atoms with E-state index >= 15 is 0 Å². The first-order valence-corrected chi connectivity index (χ1v) is 8.38. The Labute approximate surface area is 120 Å². The maximum atomic E-state index is 12.2. The van der Waals surface area contributed by atoms with Crippen molar-refractivity contribution in [3.05, 3.63) is 35.4 Å². The van der Waals surface area contributed by atoms with Gasteiger partial charge in [-0.05, 0) is 44.0 Å². The summed E-state index contributed by atoms with van der Waals surface area (Å²) in [7, 11) is -3.36. The summed E-state index contributed by atoms with van der Waals surface area (Å²) >= 11 is 0. The number of hydrogen-bond acceptors (Lipinski definition) is 4. The predicted molar refractivity (Wildman–Crippen MR) is 77.4 cm³/mol. The topological polar surface area (TPSA) is 82.0 Å². The molecule has 1 aromatic rings. The number of hydrogen-bond donors (Lipinski definition) is 2. The Morgan fingerprint density at radius 2 is 2.10 bits per heavy atom. The fraction of sp³-hybridized carbons (Fsp3) is 0.500. The SMILES string of the molecule is CC1NCCCC1NS(=O)(=O)Cc1ccc(C#N)cc1. The van der Waals surface area contributed by atoms with Gasteiger partial charge in [0.25, 0.3) is 0 Å². The van der Waals surface area contributed by atoms with Crippen molar-refractivity contribution >= 4 is 10.0 Å². The van der Waals surface area contributed by atoms with E-state index in [-0.39, 0.29) is 17.8 Å². The van der Waals surface area contributed by atoms with Crippen molar-refractivity contribution in [2.45, 2.75) is 37.6 Å². The summed E-state index contributed by atoms with van der Waals surface area (Å²) in [6.07, 6.45) is 1.84. The van der Waals surface area contributed by atoms with Crippen LogP contribution in [0.1, 0.15) is 30.9 Å². The highest BCUT2D eigenvalue weighted by Gasteiger charge is 2.25. The number of rotatable bonds is 4. The van der Waals surface area contributed by atoms with Crippen LogP contribution in [0.5, 0.6) is 0 Å². The monoisotopic (exact) mass is 293 g/mol. The van der Waals surface area contributed by atoms with E-state index in [4.69, 9.17) is 5.26 Å². The Morgan fingerprint density at radius 1 is 1.40 bits per heavy atom. The second-order valence-electron chi connectivity index (χ2n) is 5.18. The molecule has 0 aliphatic carbocycles. The summed E-state index contributed by atoms with van der Waals surface area (Å²) < 4.78 is 27.1. The molecular weight excluding hydrogens is 274 g/mol. The van der Waals surface area contributed by atoms with Crippen molar-refractivity contribution in [2.24, 2.45) is 0 Å². The third kappa shape index (κ3) is 4.04. The molecular formula is C14H19N3O2S. The van der Waals surface area contributed by atoms with Crippen molar-refractivity contribution in [3.63, 3.8) is 0 Å². The van der Waals surface area contributed by atoms with Gasteiger partial charge in [-0.1, -0.05) is 12.1 Å². The Balaban J connectivity index is 2.01. The molecule has 0 radical (unpaired) electrons. The highest BCUT2D eigenvalue weighted by atomic mass is 32.2. The number of nitrogens with zero attached hydrogens (tertiary/aromatic N) is 1. The minimum atomic E-state index is -3.36. The van der Waals surface area contributed by atoms with Crippen molar-refractivity contribution in [1.29, 1.82) is 5.26 Å². The van der Waals surface area contributed by atoms with Gasteiger partial charge in [-0.3, -0.25) is 0 Å². The van der Waals surface area contributed by atoms with Gasteiger partial charge in [0.05, 0.1) is 17.4 Å². The smallest absolute Gasteiger partial charge is 0.216 e. The molecule has 1 aliphatic heterocycles. The van der Waals surface area contributed by atoms with Crippen LogP contribution in [0.2, 0.25) is 0 Å². The lowest BCUT2D eigenvalue weighted by Gasteiger charge is -2.30. The van der Waals surface area contributed by atoms with Crippen LogP contribution in [0.15, 0.2) is 24.3 Å². The Bertz CT molecular complexity index is 590. The number of piperidine rings is 1. The molecule has 2 N–H and O–H groups in total. The highest BCUT2D eigenvalue weighted by molar-refractivity contribution is 7.88. The highest BCUT2D eigenvalue weighted by Crippen LogP contribution is 2.12. The van der Waals surface area contributed by atoms with E-state index in [1.165, 1.54) is 0 Å². The zero-order valence-corrected chi connectivity index (χ0v) is 12.3. The molecule has 108 valence electrons. The number of nitriles is 1. The first-order chi connectivity index (χ1) is 9.50. The van der Waals surface area contributed by atoms with Gasteiger partial charge in [0, 0.05) is 12.1 Å². The largest absolute Gasteiger partial charge is 0.313 e. The lowest BCUT2D eigenvalue weighted by atomic mass is 10.0. The summed E-state index contributed by atoms with van der Waals surface area (Å²) in [5, 5.41) is 12.0. The average Bonchev–Trinajstić information content (AvgIpc) is 2.41. The molecule has 2 rings (SSSR count). The number of nitrogens with one attached hydrogen (secondary N) is 2. The van der Waals surface area contributed by atoms with E-state index < -0.39 is 10.0 Å². The van der Waals surface area contributed by atoms with Crippen LogP contribution < -0.4 is 10.0 Å². The fourth-order valence-corrected chi connectivity index (χ4v) is 3.87. The molecule has 0 amide bonds. The maximum Gasteiger partial charge on any atom is 0.216 e. The minimum absolute atomic E-state index is 0.0490. The molecule has 1 heterocycles. The van der Waals surface area contributed by atoms with Gasteiger partial charge in [0.2, 0.25) is 10.0 Å². The Morgan fingerprint density at radius 3 is 2.70 bits per heavy atom. The number of sulfonamides is 1. The molecule has 1 saturated heterocycles. The zero-order valence-electron chi connectivity index (χ0n) is 11.5. The fourth-order valence-electron chi connectivity index (χ4n) is 2.37. The summed E-state index contributed by atoms with van der Waals surface area (Å²) in [6.45, 7) is 2.93. The van der Waals surface area contributed by atoms with Crippen molar-refractivity contribution in [1.82, 2.24) is 10.0 Å². The van der Waals surface area contributed by atoms with Gasteiger partial charge in [-0.2, -0.15) is 5.26 Å². The zero-order chi connectivity index (χ0) is 14.6. The van der Waals surface area contributed by atoms with Gasteiger partial charge in [-0.15, -0.1) is 0 Å².